The molecule has 20 heavy (non-hydrogen) atoms. The molecule has 0 amide bonds. The summed E-state index contributed by atoms with van der Waals surface area (Å²) in [5.41, 5.74) is 0.0354. The van der Waals surface area contributed by atoms with Crippen LogP contribution in [0, 0.1) is 13.8 Å². The third-order valence-corrected chi connectivity index (χ3v) is 3.09. The molecule has 1 aromatic heterocycles. The minimum absolute atomic E-state index is 0.0390. The lowest BCUT2D eigenvalue weighted by Crippen LogP contribution is -2.10. The Bertz CT molecular complexity index is 671. The number of carbonyl (C=O) groups excluding carboxylic acids is 1. The van der Waals surface area contributed by atoms with Crippen molar-refractivity contribution in [2.45, 2.75) is 33.4 Å². The van der Waals surface area contributed by atoms with Gasteiger partial charge in [-0.3, -0.25) is 4.79 Å². The van der Waals surface area contributed by atoms with Crippen molar-refractivity contribution in [3.8, 4) is 5.75 Å². The van der Waals surface area contributed by atoms with Crippen LogP contribution in [0.2, 0.25) is 0 Å². The summed E-state index contributed by atoms with van der Waals surface area (Å²) < 4.78 is 44.8. The summed E-state index contributed by atoms with van der Waals surface area (Å²) in [6.07, 6.45) is -4.41. The van der Waals surface area contributed by atoms with Crippen LogP contribution in [0.1, 0.15) is 30.2 Å². The molecule has 0 saturated carbocycles. The number of carbonyl (C=O) groups is 1. The molecular formula is C14H14F3NO2. The molecule has 1 heterocycles. The van der Waals surface area contributed by atoms with Crippen molar-refractivity contribution in [2.75, 3.05) is 0 Å². The van der Waals surface area contributed by atoms with Crippen LogP contribution in [0.15, 0.2) is 12.1 Å². The fraction of sp³-hybridized carbons (Fsp3) is 0.357. The standard InChI is InChI=1S/C14H14F3NO2/c1-4-10(19)20-13-8(3)18-9-6-5-7(2)12(11(9)13)14(15,16)17/h5-6,18H,4H2,1-3H3. The fourth-order valence-corrected chi connectivity index (χ4v) is 2.17. The van der Waals surface area contributed by atoms with Gasteiger partial charge in [0.05, 0.1) is 22.2 Å². The monoisotopic (exact) mass is 285 g/mol. The Hall–Kier alpha value is -1.98. The number of esters is 1. The van der Waals surface area contributed by atoms with Gasteiger partial charge >= 0.3 is 12.1 Å². The van der Waals surface area contributed by atoms with Crippen LogP contribution in [0.4, 0.5) is 13.2 Å². The van der Waals surface area contributed by atoms with Crippen LogP contribution in [0.5, 0.6) is 5.75 Å². The molecule has 0 spiro atoms. The lowest BCUT2D eigenvalue weighted by molar-refractivity contribution is -0.137. The first kappa shape index (κ1) is 14.4. The Balaban J connectivity index is 2.78. The third-order valence-electron chi connectivity index (χ3n) is 3.09. The number of ether oxygens (including phenoxy) is 1. The molecular weight excluding hydrogens is 271 g/mol. The summed E-state index contributed by atoms with van der Waals surface area (Å²) in [7, 11) is 0. The molecule has 0 aliphatic rings. The first-order chi connectivity index (χ1) is 9.25. The molecule has 1 aromatic carbocycles. The van der Waals surface area contributed by atoms with Crippen LogP contribution in [-0.4, -0.2) is 11.0 Å². The molecule has 2 aromatic rings. The summed E-state index contributed by atoms with van der Waals surface area (Å²) in [6, 6.07) is 2.95. The van der Waals surface area contributed by atoms with Crippen LogP contribution in [-0.2, 0) is 11.0 Å². The van der Waals surface area contributed by atoms with E-state index in [1.54, 1.807) is 19.9 Å². The van der Waals surface area contributed by atoms with E-state index in [1.165, 1.54) is 13.0 Å². The number of hydrogen-bond donors (Lipinski definition) is 1. The Kier molecular flexibility index (Phi) is 3.50. The average Bonchev–Trinajstić information content (AvgIpc) is 2.64. The third kappa shape index (κ3) is 2.37. The SMILES string of the molecule is CCC(=O)Oc1c(C)[nH]c2ccc(C)c(C(F)(F)F)c12. The van der Waals surface area contributed by atoms with Gasteiger partial charge in [0.25, 0.3) is 0 Å². The number of aryl methyl sites for hydroxylation is 2. The molecule has 3 nitrogen and oxygen atoms in total. The number of nitrogens with one attached hydrogen (secondary N) is 1. The number of benzene rings is 1. The van der Waals surface area contributed by atoms with Gasteiger partial charge in [0.2, 0.25) is 0 Å². The van der Waals surface area contributed by atoms with Crippen LogP contribution >= 0.6 is 0 Å². The van der Waals surface area contributed by atoms with Crippen molar-refractivity contribution >= 4 is 16.9 Å². The van der Waals surface area contributed by atoms with E-state index >= 15 is 0 Å². The first-order valence-corrected chi connectivity index (χ1v) is 6.15. The summed E-state index contributed by atoms with van der Waals surface area (Å²) >= 11 is 0. The second kappa shape index (κ2) is 4.85. The lowest BCUT2D eigenvalue weighted by atomic mass is 10.0. The normalized spacial score (nSPS) is 11.9. The second-order valence-electron chi connectivity index (χ2n) is 4.58. The number of aromatic nitrogens is 1. The zero-order valence-corrected chi connectivity index (χ0v) is 11.3. The van der Waals surface area contributed by atoms with Crippen molar-refractivity contribution in [3.63, 3.8) is 0 Å². The lowest BCUT2D eigenvalue weighted by Gasteiger charge is -2.13. The smallest absolute Gasteiger partial charge is 0.417 e. The van der Waals surface area contributed by atoms with Crippen LogP contribution in [0.25, 0.3) is 10.9 Å². The molecule has 0 atom stereocenters. The maximum absolute atomic E-state index is 13.2. The predicted octanol–water partition coefficient (Wildman–Crippen LogP) is 4.12. The molecule has 0 bridgehead atoms. The molecule has 0 radical (unpaired) electrons. The van der Waals surface area contributed by atoms with Crippen molar-refractivity contribution in [1.82, 2.24) is 4.98 Å². The summed E-state index contributed by atoms with van der Waals surface area (Å²) in [6.45, 7) is 4.55. The maximum atomic E-state index is 13.2. The van der Waals surface area contributed by atoms with Crippen molar-refractivity contribution < 1.29 is 22.7 Å². The fourth-order valence-electron chi connectivity index (χ4n) is 2.17. The highest BCUT2D eigenvalue weighted by atomic mass is 19.4. The topological polar surface area (TPSA) is 42.1 Å². The quantitative estimate of drug-likeness (QED) is 0.843. The van der Waals surface area contributed by atoms with Gasteiger partial charge in [0, 0.05) is 6.42 Å². The largest absolute Gasteiger partial charge is 0.424 e. The van der Waals surface area contributed by atoms with E-state index in [0.717, 1.165) is 0 Å². The Morgan fingerprint density at radius 1 is 1.30 bits per heavy atom. The molecule has 6 heteroatoms. The minimum Gasteiger partial charge on any atom is -0.424 e. The van der Waals surface area contributed by atoms with Crippen molar-refractivity contribution in [2.24, 2.45) is 0 Å². The second-order valence-corrected chi connectivity index (χ2v) is 4.58. The van der Waals surface area contributed by atoms with Gasteiger partial charge in [-0.15, -0.1) is 0 Å². The van der Waals surface area contributed by atoms with E-state index in [9.17, 15) is 18.0 Å². The zero-order chi connectivity index (χ0) is 15.1. The van der Waals surface area contributed by atoms with E-state index in [1.807, 2.05) is 0 Å². The Morgan fingerprint density at radius 2 is 1.95 bits per heavy atom. The van der Waals surface area contributed by atoms with Gasteiger partial charge in [-0.2, -0.15) is 13.2 Å². The van der Waals surface area contributed by atoms with Gasteiger partial charge in [0.1, 0.15) is 0 Å². The van der Waals surface area contributed by atoms with Crippen molar-refractivity contribution in [1.29, 1.82) is 0 Å². The molecule has 0 fully saturated rings. The maximum Gasteiger partial charge on any atom is 0.417 e. The molecule has 0 aliphatic heterocycles. The van der Waals surface area contributed by atoms with E-state index in [-0.39, 0.29) is 23.1 Å². The van der Waals surface area contributed by atoms with E-state index in [4.69, 9.17) is 4.74 Å². The number of aromatic amines is 1. The van der Waals surface area contributed by atoms with E-state index in [2.05, 4.69) is 4.98 Å². The predicted molar refractivity (Wildman–Crippen MR) is 68.7 cm³/mol. The van der Waals surface area contributed by atoms with E-state index < -0.39 is 17.7 Å². The number of hydrogen-bond acceptors (Lipinski definition) is 2. The minimum atomic E-state index is -4.51. The Morgan fingerprint density at radius 3 is 2.50 bits per heavy atom. The molecule has 0 unspecified atom stereocenters. The molecule has 108 valence electrons. The molecule has 0 aliphatic carbocycles. The van der Waals surface area contributed by atoms with E-state index in [0.29, 0.717) is 11.2 Å². The zero-order valence-electron chi connectivity index (χ0n) is 11.3. The van der Waals surface area contributed by atoms with Gasteiger partial charge in [0.15, 0.2) is 5.75 Å². The molecule has 0 saturated heterocycles. The number of rotatable bonds is 2. The summed E-state index contributed by atoms with van der Waals surface area (Å²) in [5, 5.41) is -0.0863. The highest BCUT2D eigenvalue weighted by Gasteiger charge is 2.36. The van der Waals surface area contributed by atoms with Crippen LogP contribution in [0.3, 0.4) is 0 Å². The highest BCUT2D eigenvalue weighted by Crippen LogP contribution is 2.42. The van der Waals surface area contributed by atoms with Gasteiger partial charge < -0.3 is 9.72 Å². The van der Waals surface area contributed by atoms with Gasteiger partial charge in [-0.1, -0.05) is 13.0 Å². The number of halogens is 3. The average molecular weight is 285 g/mol. The molecule has 1 N–H and O–H groups in total. The first-order valence-electron chi connectivity index (χ1n) is 6.15. The summed E-state index contributed by atoms with van der Waals surface area (Å²) in [4.78, 5) is 14.2. The summed E-state index contributed by atoms with van der Waals surface area (Å²) in [5.74, 6) is -0.605. The number of fused-ring (bicyclic) bond motifs is 1. The van der Waals surface area contributed by atoms with Gasteiger partial charge in [-0.25, -0.2) is 0 Å². The number of H-pyrrole nitrogens is 1. The molecule has 2 rings (SSSR count). The van der Waals surface area contributed by atoms with Crippen LogP contribution < -0.4 is 4.74 Å². The van der Waals surface area contributed by atoms with Crippen molar-refractivity contribution in [3.05, 3.63) is 29.0 Å². The van der Waals surface area contributed by atoms with Gasteiger partial charge in [-0.05, 0) is 25.5 Å². The Labute approximate surface area is 113 Å². The highest BCUT2D eigenvalue weighted by molar-refractivity contribution is 5.94. The number of alkyl halides is 3.